The number of hydrogen-bond donors (Lipinski definition) is 0. The largest absolute Gasteiger partial charge is 0.374 e. The molecule has 2 heteroatoms. The van der Waals surface area contributed by atoms with Crippen molar-refractivity contribution in [3.05, 3.63) is 57.6 Å². The molecule has 119 valence electrons. The van der Waals surface area contributed by atoms with Crippen LogP contribution in [0.2, 0.25) is 0 Å². The van der Waals surface area contributed by atoms with Crippen molar-refractivity contribution in [3.63, 3.8) is 0 Å². The second kappa shape index (κ2) is 5.84. The van der Waals surface area contributed by atoms with Crippen molar-refractivity contribution in [2.75, 3.05) is 18.0 Å². The highest BCUT2D eigenvalue weighted by molar-refractivity contribution is 5.82. The Kier molecular flexibility index (Phi) is 4.01. The van der Waals surface area contributed by atoms with Crippen LogP contribution in [-0.2, 0) is 0 Å². The molecule has 1 heterocycles. The van der Waals surface area contributed by atoms with Gasteiger partial charge in [0.2, 0.25) is 0 Å². The van der Waals surface area contributed by atoms with E-state index in [-0.39, 0.29) is 0 Å². The van der Waals surface area contributed by atoms with E-state index in [0.717, 1.165) is 13.1 Å². The van der Waals surface area contributed by atoms with Crippen LogP contribution in [0.5, 0.6) is 0 Å². The van der Waals surface area contributed by atoms with E-state index in [4.69, 9.17) is 0 Å². The lowest BCUT2D eigenvalue weighted by Gasteiger charge is -2.12. The Morgan fingerprint density at radius 3 is 1.78 bits per heavy atom. The number of nitrogens with zero attached hydrogens (tertiary/aromatic N) is 2. The molecule has 1 aliphatic heterocycles. The Morgan fingerprint density at radius 1 is 0.783 bits per heavy atom. The smallest absolute Gasteiger partial charge is 0.216 e. The minimum atomic E-state index is 0.984. The lowest BCUT2D eigenvalue weighted by molar-refractivity contribution is -0.425. The number of anilines is 1. The van der Waals surface area contributed by atoms with Crippen molar-refractivity contribution in [2.24, 2.45) is 0 Å². The highest BCUT2D eigenvalue weighted by Crippen LogP contribution is 2.30. The summed E-state index contributed by atoms with van der Waals surface area (Å²) in [5, 5.41) is 0. The first-order chi connectivity index (χ1) is 10.9. The van der Waals surface area contributed by atoms with Gasteiger partial charge in [0.1, 0.15) is 24.5 Å². The molecule has 0 aromatic heterocycles. The molecule has 23 heavy (non-hydrogen) atoms. The van der Waals surface area contributed by atoms with Crippen molar-refractivity contribution in [2.45, 2.75) is 41.5 Å². The lowest BCUT2D eigenvalue weighted by atomic mass is 10.0. The maximum atomic E-state index is 3.59. The quantitative estimate of drug-likeness (QED) is 0.735. The molecule has 2 nitrogen and oxygen atoms in total. The lowest BCUT2D eigenvalue weighted by Crippen LogP contribution is -2.20. The van der Waals surface area contributed by atoms with Crippen LogP contribution < -0.4 is 4.90 Å². The monoisotopic (exact) mass is 306 g/mol. The zero-order valence-electron chi connectivity index (χ0n) is 15.1. The predicted octanol–water partition coefficient (Wildman–Crippen LogP) is 4.61. The minimum absolute atomic E-state index is 0.984. The number of benzene rings is 2. The minimum Gasteiger partial charge on any atom is -0.216 e. The summed E-state index contributed by atoms with van der Waals surface area (Å²) in [6, 6.07) is 9.04. The Morgan fingerprint density at radius 2 is 1.26 bits per heavy atom. The van der Waals surface area contributed by atoms with Gasteiger partial charge in [-0.2, -0.15) is 0 Å². The van der Waals surface area contributed by atoms with Gasteiger partial charge in [-0.15, -0.1) is 0 Å². The van der Waals surface area contributed by atoms with Gasteiger partial charge in [-0.1, -0.05) is 35.4 Å². The third-order valence-corrected chi connectivity index (χ3v) is 4.60. The van der Waals surface area contributed by atoms with Crippen molar-refractivity contribution >= 4 is 17.7 Å². The van der Waals surface area contributed by atoms with E-state index in [1.165, 1.54) is 44.8 Å². The molecule has 0 aliphatic carbocycles. The van der Waals surface area contributed by atoms with E-state index < -0.39 is 0 Å². The molecule has 1 aliphatic rings. The molecular weight excluding hydrogens is 280 g/mol. The van der Waals surface area contributed by atoms with E-state index in [1.54, 1.807) is 0 Å². The molecule has 0 bridgehead atoms. The fourth-order valence-electron chi connectivity index (χ4n) is 3.97. The molecule has 0 saturated heterocycles. The Balaban J connectivity index is 2.03. The van der Waals surface area contributed by atoms with Crippen LogP contribution >= 0.6 is 0 Å². The normalized spacial score (nSPS) is 14.3. The first-order valence-corrected chi connectivity index (χ1v) is 8.34. The second-order valence-electron chi connectivity index (χ2n) is 6.90. The Labute approximate surface area is 140 Å². The van der Waals surface area contributed by atoms with Gasteiger partial charge >= 0.3 is 6.34 Å². The van der Waals surface area contributed by atoms with E-state index in [9.17, 15) is 0 Å². The van der Waals surface area contributed by atoms with Gasteiger partial charge in [-0.3, -0.25) is 0 Å². The van der Waals surface area contributed by atoms with E-state index in [2.05, 4.69) is 81.6 Å². The van der Waals surface area contributed by atoms with Crippen molar-refractivity contribution < 1.29 is 4.58 Å². The second-order valence-corrected chi connectivity index (χ2v) is 6.90. The Hall–Kier alpha value is -2.09. The van der Waals surface area contributed by atoms with E-state index >= 15 is 0 Å². The molecule has 1 radical (unpaired) electrons. The molecule has 0 spiro atoms. The number of rotatable bonds is 2. The average Bonchev–Trinajstić information content (AvgIpc) is 2.85. The van der Waals surface area contributed by atoms with Gasteiger partial charge in [0.05, 0.1) is 0 Å². The van der Waals surface area contributed by atoms with Crippen molar-refractivity contribution in [3.8, 4) is 0 Å². The Bertz CT molecular complexity index is 753. The van der Waals surface area contributed by atoms with Crippen LogP contribution in [0.4, 0.5) is 11.4 Å². The fourth-order valence-corrected chi connectivity index (χ4v) is 3.97. The third kappa shape index (κ3) is 2.90. The van der Waals surface area contributed by atoms with E-state index in [1.807, 2.05) is 0 Å². The van der Waals surface area contributed by atoms with Gasteiger partial charge in [-0.25, -0.2) is 9.48 Å². The molecule has 0 saturated carbocycles. The van der Waals surface area contributed by atoms with Crippen LogP contribution in [0.1, 0.15) is 33.4 Å². The predicted molar refractivity (Wildman–Crippen MR) is 98.4 cm³/mol. The molecule has 0 N–H and O–H groups in total. The summed E-state index contributed by atoms with van der Waals surface area (Å²) in [7, 11) is 0. The SMILES string of the molecule is Cc1cc(C)c(N2[C]=[N+](c3c(C)cc(C)cc3C)CC2)c(C)c1. The first-order valence-electron chi connectivity index (χ1n) is 8.34. The summed E-state index contributed by atoms with van der Waals surface area (Å²) in [4.78, 5) is 2.28. The summed E-state index contributed by atoms with van der Waals surface area (Å²) < 4.78 is 2.28. The highest BCUT2D eigenvalue weighted by Gasteiger charge is 2.28. The molecular formula is C21H26N2+. The van der Waals surface area contributed by atoms with Crippen LogP contribution in [0.25, 0.3) is 0 Å². The maximum Gasteiger partial charge on any atom is 0.374 e. The van der Waals surface area contributed by atoms with Gasteiger partial charge in [0.15, 0.2) is 0 Å². The third-order valence-electron chi connectivity index (χ3n) is 4.60. The summed E-state index contributed by atoms with van der Waals surface area (Å²) in [5.74, 6) is 0. The molecule has 0 fully saturated rings. The summed E-state index contributed by atoms with van der Waals surface area (Å²) in [6.45, 7) is 15.1. The maximum absolute atomic E-state index is 3.59. The highest BCUT2D eigenvalue weighted by atomic mass is 15.3. The van der Waals surface area contributed by atoms with Crippen LogP contribution in [-0.4, -0.2) is 24.0 Å². The average molecular weight is 306 g/mol. The molecule has 0 atom stereocenters. The molecule has 2 aromatic rings. The summed E-state index contributed by atoms with van der Waals surface area (Å²) >= 11 is 0. The zero-order valence-corrected chi connectivity index (χ0v) is 15.1. The molecule has 0 amide bonds. The number of hydrogen-bond acceptors (Lipinski definition) is 1. The molecule has 0 unspecified atom stereocenters. The number of aryl methyl sites for hydroxylation is 6. The summed E-state index contributed by atoms with van der Waals surface area (Å²) in [6.07, 6.45) is 3.59. The van der Waals surface area contributed by atoms with Gasteiger partial charge in [0, 0.05) is 0 Å². The first kappa shape index (κ1) is 15.8. The van der Waals surface area contributed by atoms with Crippen LogP contribution in [0, 0.1) is 41.5 Å². The standard InChI is InChI=1S/C21H26N2/c1-14-9-16(3)20(17(4)10-14)22-7-8-23(13-22)21-18(5)11-15(2)12-19(21)6/h9-12H,7-8H2,1-6H3/q+1. The van der Waals surface area contributed by atoms with Crippen LogP contribution in [0.3, 0.4) is 0 Å². The van der Waals surface area contributed by atoms with Gasteiger partial charge < -0.3 is 0 Å². The molecule has 3 rings (SSSR count). The van der Waals surface area contributed by atoms with Gasteiger partial charge in [-0.05, 0) is 63.8 Å². The topological polar surface area (TPSA) is 6.25 Å². The molecule has 2 aromatic carbocycles. The van der Waals surface area contributed by atoms with Crippen LogP contribution in [0.15, 0.2) is 24.3 Å². The summed E-state index contributed by atoms with van der Waals surface area (Å²) in [5.41, 5.74) is 10.6. The van der Waals surface area contributed by atoms with Crippen molar-refractivity contribution in [1.29, 1.82) is 0 Å². The van der Waals surface area contributed by atoms with E-state index in [0.29, 0.717) is 0 Å². The zero-order chi connectivity index (χ0) is 16.7. The van der Waals surface area contributed by atoms with Crippen molar-refractivity contribution in [1.82, 2.24) is 0 Å². The fraction of sp³-hybridized carbons (Fsp3) is 0.381. The van der Waals surface area contributed by atoms with Gasteiger partial charge in [0.25, 0.3) is 0 Å².